The summed E-state index contributed by atoms with van der Waals surface area (Å²) in [7, 11) is 0. The molecule has 0 radical (unpaired) electrons. The van der Waals surface area contributed by atoms with Crippen LogP contribution < -0.4 is 11.1 Å². The molecule has 2 aromatic carbocycles. The topological polar surface area (TPSA) is 90.0 Å². The highest BCUT2D eigenvalue weighted by Crippen LogP contribution is 2.49. The van der Waals surface area contributed by atoms with Crippen LogP contribution in [0.5, 0.6) is 0 Å². The third-order valence-electron chi connectivity index (χ3n) is 4.94. The summed E-state index contributed by atoms with van der Waals surface area (Å²) < 4.78 is 1.65. The SMILES string of the molecule is Cc1cnn(-c2ccc(C(N)=O)cc2NC(=O)[C@H]2C[C@H]2c2cc(Cl)cc(Cl)c2)c1. The Labute approximate surface area is 177 Å². The smallest absolute Gasteiger partial charge is 0.248 e. The fourth-order valence-electron chi connectivity index (χ4n) is 3.40. The van der Waals surface area contributed by atoms with Gasteiger partial charge in [0.05, 0.1) is 17.6 Å². The first-order chi connectivity index (χ1) is 13.8. The zero-order valence-electron chi connectivity index (χ0n) is 15.5. The molecule has 0 saturated heterocycles. The van der Waals surface area contributed by atoms with E-state index in [1.54, 1.807) is 35.1 Å². The third kappa shape index (κ3) is 4.13. The zero-order valence-corrected chi connectivity index (χ0v) is 17.0. The number of primary amides is 1. The molecule has 2 atom stereocenters. The molecule has 148 valence electrons. The van der Waals surface area contributed by atoms with Crippen molar-refractivity contribution >= 4 is 40.7 Å². The van der Waals surface area contributed by atoms with Gasteiger partial charge in [0.25, 0.3) is 0 Å². The molecule has 0 aliphatic heterocycles. The van der Waals surface area contributed by atoms with Crippen molar-refractivity contribution in [1.82, 2.24) is 9.78 Å². The Kier molecular flexibility index (Phi) is 5.06. The number of nitrogens with one attached hydrogen (secondary N) is 1. The van der Waals surface area contributed by atoms with E-state index in [2.05, 4.69) is 10.4 Å². The maximum absolute atomic E-state index is 12.9. The summed E-state index contributed by atoms with van der Waals surface area (Å²) in [5.41, 5.74) is 8.76. The third-order valence-corrected chi connectivity index (χ3v) is 5.37. The minimum atomic E-state index is -0.568. The van der Waals surface area contributed by atoms with E-state index in [-0.39, 0.29) is 17.7 Å². The summed E-state index contributed by atoms with van der Waals surface area (Å²) in [5.74, 6) is -0.852. The molecular weight excluding hydrogens is 411 g/mol. The normalized spacial score (nSPS) is 17.8. The number of anilines is 1. The number of carbonyl (C=O) groups is 2. The van der Waals surface area contributed by atoms with E-state index >= 15 is 0 Å². The lowest BCUT2D eigenvalue weighted by atomic mass is 10.1. The molecule has 8 heteroatoms. The van der Waals surface area contributed by atoms with Crippen molar-refractivity contribution in [2.45, 2.75) is 19.3 Å². The molecule has 3 aromatic rings. The van der Waals surface area contributed by atoms with Gasteiger partial charge in [0, 0.05) is 27.7 Å². The molecule has 6 nitrogen and oxygen atoms in total. The number of hydrogen-bond donors (Lipinski definition) is 2. The summed E-state index contributed by atoms with van der Waals surface area (Å²) in [5, 5.41) is 8.31. The summed E-state index contributed by atoms with van der Waals surface area (Å²) in [6.45, 7) is 1.92. The largest absolute Gasteiger partial charge is 0.366 e. The van der Waals surface area contributed by atoms with E-state index in [9.17, 15) is 9.59 Å². The minimum Gasteiger partial charge on any atom is -0.366 e. The maximum Gasteiger partial charge on any atom is 0.248 e. The number of halogens is 2. The van der Waals surface area contributed by atoms with Gasteiger partial charge in [0.2, 0.25) is 11.8 Å². The summed E-state index contributed by atoms with van der Waals surface area (Å²) in [4.78, 5) is 24.5. The van der Waals surface area contributed by atoms with Crippen molar-refractivity contribution in [3.63, 3.8) is 0 Å². The number of aromatic nitrogens is 2. The van der Waals surface area contributed by atoms with Gasteiger partial charge < -0.3 is 11.1 Å². The molecule has 1 aromatic heterocycles. The number of amides is 2. The Morgan fingerprint density at radius 2 is 1.90 bits per heavy atom. The first-order valence-corrected chi connectivity index (χ1v) is 9.80. The number of rotatable bonds is 5. The number of benzene rings is 2. The molecule has 29 heavy (non-hydrogen) atoms. The lowest BCUT2D eigenvalue weighted by Crippen LogP contribution is -2.18. The quantitative estimate of drug-likeness (QED) is 0.633. The molecule has 1 saturated carbocycles. The second kappa shape index (κ2) is 7.54. The van der Waals surface area contributed by atoms with Crippen LogP contribution in [0.4, 0.5) is 5.69 Å². The van der Waals surface area contributed by atoms with Gasteiger partial charge in [0.1, 0.15) is 0 Å². The average molecular weight is 429 g/mol. The molecule has 2 amide bonds. The molecule has 0 spiro atoms. The summed E-state index contributed by atoms with van der Waals surface area (Å²) >= 11 is 12.2. The Morgan fingerprint density at radius 3 is 2.52 bits per heavy atom. The molecule has 0 unspecified atom stereocenters. The highest BCUT2D eigenvalue weighted by Gasteiger charge is 2.44. The van der Waals surface area contributed by atoms with Crippen molar-refractivity contribution in [2.75, 3.05) is 5.32 Å². The van der Waals surface area contributed by atoms with Crippen LogP contribution in [0.3, 0.4) is 0 Å². The van der Waals surface area contributed by atoms with E-state index in [4.69, 9.17) is 28.9 Å². The van der Waals surface area contributed by atoms with Crippen LogP contribution in [0.15, 0.2) is 48.8 Å². The molecular formula is C21H18Cl2N4O2. The molecule has 1 aliphatic carbocycles. The van der Waals surface area contributed by atoms with Crippen molar-refractivity contribution < 1.29 is 9.59 Å². The van der Waals surface area contributed by atoms with Crippen molar-refractivity contribution in [3.8, 4) is 5.69 Å². The van der Waals surface area contributed by atoms with Gasteiger partial charge in [-0.15, -0.1) is 0 Å². The maximum atomic E-state index is 12.9. The monoisotopic (exact) mass is 428 g/mol. The van der Waals surface area contributed by atoms with E-state index in [0.717, 1.165) is 11.1 Å². The van der Waals surface area contributed by atoms with Crippen LogP contribution in [0.1, 0.15) is 33.8 Å². The van der Waals surface area contributed by atoms with E-state index in [1.165, 1.54) is 0 Å². The number of nitrogens with two attached hydrogens (primary N) is 1. The fraction of sp³-hybridized carbons (Fsp3) is 0.190. The number of carbonyl (C=O) groups excluding carboxylic acids is 2. The van der Waals surface area contributed by atoms with Gasteiger partial charge in [-0.2, -0.15) is 5.10 Å². The first kappa shape index (κ1) is 19.5. The molecule has 1 heterocycles. The average Bonchev–Trinajstić information content (AvgIpc) is 3.35. The molecule has 3 N–H and O–H groups in total. The van der Waals surface area contributed by atoms with Gasteiger partial charge in [0.15, 0.2) is 0 Å². The molecule has 4 rings (SSSR count). The second-order valence-electron chi connectivity index (χ2n) is 7.20. The van der Waals surface area contributed by atoms with Gasteiger partial charge in [-0.25, -0.2) is 4.68 Å². The Morgan fingerprint density at radius 1 is 1.17 bits per heavy atom. The molecule has 1 aliphatic rings. The predicted molar refractivity (Wildman–Crippen MR) is 113 cm³/mol. The number of nitrogens with zero attached hydrogens (tertiary/aromatic N) is 2. The van der Waals surface area contributed by atoms with Gasteiger partial charge in [-0.05, 0) is 66.8 Å². The highest BCUT2D eigenvalue weighted by molar-refractivity contribution is 6.34. The zero-order chi connectivity index (χ0) is 20.7. The van der Waals surface area contributed by atoms with Crippen LogP contribution in [0, 0.1) is 12.8 Å². The van der Waals surface area contributed by atoms with Crippen LogP contribution >= 0.6 is 23.2 Å². The van der Waals surface area contributed by atoms with Crippen molar-refractivity contribution in [3.05, 3.63) is 75.5 Å². The number of aryl methyl sites for hydroxylation is 1. The highest BCUT2D eigenvalue weighted by atomic mass is 35.5. The van der Waals surface area contributed by atoms with E-state index in [1.807, 2.05) is 25.3 Å². The Bertz CT molecular complexity index is 1110. The lowest BCUT2D eigenvalue weighted by Gasteiger charge is -2.13. The Balaban J connectivity index is 1.59. The molecule has 0 bridgehead atoms. The van der Waals surface area contributed by atoms with E-state index in [0.29, 0.717) is 33.4 Å². The second-order valence-corrected chi connectivity index (χ2v) is 8.07. The van der Waals surface area contributed by atoms with Gasteiger partial charge in [-0.3, -0.25) is 9.59 Å². The summed E-state index contributed by atoms with van der Waals surface area (Å²) in [6.07, 6.45) is 4.25. The van der Waals surface area contributed by atoms with Crippen molar-refractivity contribution in [2.24, 2.45) is 11.7 Å². The first-order valence-electron chi connectivity index (χ1n) is 9.04. The Hall–Kier alpha value is -2.83. The standard InChI is InChI=1S/C21H18Cl2N4O2/c1-11-9-25-27(10-11)19-3-2-12(20(24)28)6-18(19)26-21(29)17-8-16(17)13-4-14(22)7-15(23)5-13/h2-7,9-10,16-17H,8H2,1H3,(H2,24,28)(H,26,29)/t16-,17-/m0/s1. The predicted octanol–water partition coefficient (Wildman–Crippen LogP) is 4.33. The summed E-state index contributed by atoms with van der Waals surface area (Å²) in [6, 6.07) is 10.2. The van der Waals surface area contributed by atoms with Gasteiger partial charge >= 0.3 is 0 Å². The fourth-order valence-corrected chi connectivity index (χ4v) is 3.94. The van der Waals surface area contributed by atoms with E-state index < -0.39 is 5.91 Å². The van der Waals surface area contributed by atoms with Crippen LogP contribution in [0.25, 0.3) is 5.69 Å². The minimum absolute atomic E-state index is 0.0564. The number of hydrogen-bond acceptors (Lipinski definition) is 3. The lowest BCUT2D eigenvalue weighted by molar-refractivity contribution is -0.117. The van der Waals surface area contributed by atoms with Crippen LogP contribution in [-0.2, 0) is 4.79 Å². The van der Waals surface area contributed by atoms with Crippen molar-refractivity contribution in [1.29, 1.82) is 0 Å². The van der Waals surface area contributed by atoms with Crippen LogP contribution in [-0.4, -0.2) is 21.6 Å². The van der Waals surface area contributed by atoms with Gasteiger partial charge in [-0.1, -0.05) is 23.2 Å². The van der Waals surface area contributed by atoms with Crippen LogP contribution in [0.2, 0.25) is 10.0 Å². The molecule has 1 fully saturated rings.